The summed E-state index contributed by atoms with van der Waals surface area (Å²) >= 11 is 9.03. The molecule has 3 aromatic rings. The third-order valence-electron chi connectivity index (χ3n) is 3.34. The number of benzene rings is 1. The van der Waals surface area contributed by atoms with Crippen LogP contribution in [0.25, 0.3) is 11.5 Å². The van der Waals surface area contributed by atoms with Crippen LogP contribution >= 0.6 is 34.7 Å². The van der Waals surface area contributed by atoms with Crippen LogP contribution < -0.4 is 5.32 Å². The van der Waals surface area contributed by atoms with Gasteiger partial charge in [0.1, 0.15) is 6.26 Å². The van der Waals surface area contributed by atoms with E-state index in [9.17, 15) is 0 Å². The number of nitrogens with zero attached hydrogens (tertiary/aromatic N) is 3. The van der Waals surface area contributed by atoms with Gasteiger partial charge in [-0.1, -0.05) is 34.7 Å². The van der Waals surface area contributed by atoms with E-state index < -0.39 is 0 Å². The second kappa shape index (κ2) is 9.91. The number of ether oxygens (including phenoxy) is 1. The maximum atomic E-state index is 5.90. The molecule has 6 nitrogen and oxygen atoms in total. The lowest BCUT2D eigenvalue weighted by Crippen LogP contribution is -2.05. The third kappa shape index (κ3) is 5.70. The minimum atomic E-state index is 0.589. The average molecular weight is 411 g/mol. The maximum Gasteiger partial charge on any atom is 0.226 e. The molecule has 2 heterocycles. The van der Waals surface area contributed by atoms with Crippen molar-refractivity contribution in [1.82, 2.24) is 15.2 Å². The Morgan fingerprint density at radius 2 is 2.12 bits per heavy atom. The number of nitrogens with one attached hydrogen (secondary N) is 1. The predicted octanol–water partition coefficient (Wildman–Crippen LogP) is 4.98. The van der Waals surface area contributed by atoms with E-state index in [-0.39, 0.29) is 0 Å². The predicted molar refractivity (Wildman–Crippen MR) is 106 cm³/mol. The molecule has 0 saturated heterocycles. The van der Waals surface area contributed by atoms with E-state index in [4.69, 9.17) is 20.8 Å². The molecule has 0 aliphatic rings. The third-order valence-corrected chi connectivity index (χ3v) is 5.64. The Morgan fingerprint density at radius 3 is 2.92 bits per heavy atom. The first-order valence-electron chi connectivity index (χ1n) is 8.23. The van der Waals surface area contributed by atoms with Crippen LogP contribution in [0.5, 0.6) is 0 Å². The van der Waals surface area contributed by atoms with Crippen LogP contribution in [0, 0.1) is 0 Å². The van der Waals surface area contributed by atoms with Gasteiger partial charge >= 0.3 is 0 Å². The zero-order valence-corrected chi connectivity index (χ0v) is 16.7. The summed E-state index contributed by atoms with van der Waals surface area (Å²) in [5.41, 5.74) is 1.77. The number of oxazole rings is 1. The lowest BCUT2D eigenvalue weighted by Gasteiger charge is -2.01. The highest BCUT2D eigenvalue weighted by Gasteiger charge is 2.09. The number of anilines is 1. The van der Waals surface area contributed by atoms with E-state index in [0.29, 0.717) is 16.7 Å². The summed E-state index contributed by atoms with van der Waals surface area (Å²) in [6, 6.07) is 7.41. The minimum absolute atomic E-state index is 0.589. The molecule has 0 atom stereocenters. The van der Waals surface area contributed by atoms with E-state index >= 15 is 0 Å². The maximum absolute atomic E-state index is 5.90. The molecule has 0 spiro atoms. The van der Waals surface area contributed by atoms with Crippen LogP contribution in [0.3, 0.4) is 0 Å². The molecule has 0 bridgehead atoms. The first-order valence-corrected chi connectivity index (χ1v) is 10.4. The second-order valence-corrected chi connectivity index (χ2v) is 7.93. The molecule has 0 aliphatic heterocycles. The molecule has 1 aromatic carbocycles. The number of hydrogen-bond donors (Lipinski definition) is 1. The summed E-state index contributed by atoms with van der Waals surface area (Å²) in [4.78, 5) is 4.51. The Morgan fingerprint density at radius 1 is 1.27 bits per heavy atom. The molecular weight excluding hydrogens is 392 g/mol. The van der Waals surface area contributed by atoms with E-state index in [2.05, 4.69) is 20.5 Å². The van der Waals surface area contributed by atoms with Gasteiger partial charge < -0.3 is 14.5 Å². The molecule has 0 saturated carbocycles. The molecule has 1 N–H and O–H groups in total. The number of halogens is 1. The second-order valence-electron chi connectivity index (χ2n) is 5.29. The molecule has 0 fully saturated rings. The molecule has 0 amide bonds. The van der Waals surface area contributed by atoms with Crippen molar-refractivity contribution in [1.29, 1.82) is 0 Å². The van der Waals surface area contributed by atoms with Crippen LogP contribution in [-0.4, -0.2) is 34.9 Å². The van der Waals surface area contributed by atoms with Gasteiger partial charge in [0.05, 0.1) is 5.69 Å². The van der Waals surface area contributed by atoms with Gasteiger partial charge in [0, 0.05) is 36.1 Å². The lowest BCUT2D eigenvalue weighted by atomic mass is 10.2. The largest absolute Gasteiger partial charge is 0.444 e. The highest BCUT2D eigenvalue weighted by Crippen LogP contribution is 2.29. The van der Waals surface area contributed by atoms with Crippen LogP contribution in [0.1, 0.15) is 19.0 Å². The van der Waals surface area contributed by atoms with Crippen molar-refractivity contribution in [2.24, 2.45) is 0 Å². The van der Waals surface area contributed by atoms with Crippen LogP contribution in [-0.2, 0) is 10.5 Å². The zero-order chi connectivity index (χ0) is 18.2. The summed E-state index contributed by atoms with van der Waals surface area (Å²) < 4.78 is 11.7. The van der Waals surface area contributed by atoms with Gasteiger partial charge in [0.25, 0.3) is 0 Å². The Labute approximate surface area is 165 Å². The SMILES string of the molecule is CCOCCCNc1nnc(SCc2coc(-c3ccc(Cl)cc3)n2)s1. The quantitative estimate of drug-likeness (QED) is 0.373. The van der Waals surface area contributed by atoms with Crippen molar-refractivity contribution >= 4 is 39.8 Å². The Balaban J connectivity index is 1.47. The number of hydrogen-bond acceptors (Lipinski definition) is 8. The van der Waals surface area contributed by atoms with Crippen LogP contribution in [0.4, 0.5) is 5.13 Å². The number of rotatable bonds is 10. The fourth-order valence-electron chi connectivity index (χ4n) is 2.09. The standard InChI is InChI=1S/C17H19ClN4O2S2/c1-2-23-9-3-8-19-16-21-22-17(26-16)25-11-14-10-24-15(20-14)12-4-6-13(18)7-5-12/h4-7,10H,2-3,8-9,11H2,1H3,(H,19,21). The Hall–Kier alpha value is -1.61. The van der Waals surface area contributed by atoms with Crippen molar-refractivity contribution in [3.63, 3.8) is 0 Å². The van der Waals surface area contributed by atoms with E-state index in [1.54, 1.807) is 18.0 Å². The topological polar surface area (TPSA) is 73.1 Å². The van der Waals surface area contributed by atoms with Gasteiger partial charge in [-0.15, -0.1) is 10.2 Å². The zero-order valence-electron chi connectivity index (χ0n) is 14.3. The van der Waals surface area contributed by atoms with Gasteiger partial charge in [-0.05, 0) is 37.6 Å². The summed E-state index contributed by atoms with van der Waals surface area (Å²) in [5, 5.41) is 13.1. The highest BCUT2D eigenvalue weighted by atomic mass is 35.5. The fraction of sp³-hybridized carbons (Fsp3) is 0.353. The molecule has 0 unspecified atom stereocenters. The van der Waals surface area contributed by atoms with Crippen molar-refractivity contribution in [3.05, 3.63) is 41.2 Å². The Kier molecular flexibility index (Phi) is 7.31. The molecule has 3 rings (SSSR count). The summed E-state index contributed by atoms with van der Waals surface area (Å²) in [6.07, 6.45) is 2.62. The minimum Gasteiger partial charge on any atom is -0.444 e. The van der Waals surface area contributed by atoms with Crippen molar-refractivity contribution in [2.45, 2.75) is 23.4 Å². The smallest absolute Gasteiger partial charge is 0.226 e. The normalized spacial score (nSPS) is 11.0. The summed E-state index contributed by atoms with van der Waals surface area (Å²) in [5.74, 6) is 1.27. The fourth-order valence-corrected chi connectivity index (χ4v) is 3.87. The lowest BCUT2D eigenvalue weighted by molar-refractivity contribution is 0.147. The molecule has 26 heavy (non-hydrogen) atoms. The van der Waals surface area contributed by atoms with Crippen molar-refractivity contribution in [3.8, 4) is 11.5 Å². The van der Waals surface area contributed by atoms with Crippen LogP contribution in [0.15, 0.2) is 39.3 Å². The van der Waals surface area contributed by atoms with Gasteiger partial charge in [-0.3, -0.25) is 0 Å². The van der Waals surface area contributed by atoms with E-state index in [1.165, 1.54) is 11.3 Å². The average Bonchev–Trinajstić information content (AvgIpc) is 3.30. The number of thioether (sulfide) groups is 1. The van der Waals surface area contributed by atoms with Gasteiger partial charge in [-0.2, -0.15) is 0 Å². The highest BCUT2D eigenvalue weighted by molar-refractivity contribution is 8.00. The van der Waals surface area contributed by atoms with Crippen molar-refractivity contribution in [2.75, 3.05) is 25.1 Å². The molecule has 138 valence electrons. The monoisotopic (exact) mass is 410 g/mol. The first-order chi connectivity index (χ1) is 12.7. The van der Waals surface area contributed by atoms with E-state index in [0.717, 1.165) is 46.9 Å². The van der Waals surface area contributed by atoms with Gasteiger partial charge in [-0.25, -0.2) is 4.98 Å². The first kappa shape index (κ1) is 19.2. The molecule has 2 aromatic heterocycles. The van der Waals surface area contributed by atoms with Crippen molar-refractivity contribution < 1.29 is 9.15 Å². The Bertz CT molecular complexity index is 807. The molecular formula is C17H19ClN4O2S2. The molecule has 0 radical (unpaired) electrons. The number of aromatic nitrogens is 3. The molecule has 0 aliphatic carbocycles. The summed E-state index contributed by atoms with van der Waals surface area (Å²) in [7, 11) is 0. The molecule has 9 heteroatoms. The van der Waals surface area contributed by atoms with Gasteiger partial charge in [0.2, 0.25) is 11.0 Å². The van der Waals surface area contributed by atoms with E-state index in [1.807, 2.05) is 31.2 Å². The van der Waals surface area contributed by atoms with Crippen LogP contribution in [0.2, 0.25) is 5.02 Å². The van der Waals surface area contributed by atoms with Gasteiger partial charge in [0.15, 0.2) is 4.34 Å². The summed E-state index contributed by atoms with van der Waals surface area (Å²) in [6.45, 7) is 4.33.